The molecule has 0 aliphatic heterocycles. The second-order valence-corrected chi connectivity index (χ2v) is 5.50. The van der Waals surface area contributed by atoms with Gasteiger partial charge in [-0.15, -0.1) is 0 Å². The van der Waals surface area contributed by atoms with Crippen molar-refractivity contribution < 1.29 is 0 Å². The van der Waals surface area contributed by atoms with Crippen molar-refractivity contribution in [3.63, 3.8) is 0 Å². The minimum Gasteiger partial charge on any atom is -0.0832 e. The number of rotatable bonds is 1. The molecule has 70 valence electrons. The van der Waals surface area contributed by atoms with Crippen LogP contribution >= 0.6 is 34.2 Å². The number of benzene rings is 1. The van der Waals surface area contributed by atoms with Crippen LogP contribution in [0.4, 0.5) is 0 Å². The minimum absolute atomic E-state index is 0.404. The highest BCUT2D eigenvalue weighted by molar-refractivity contribution is 14.1. The Labute approximate surface area is 97.8 Å². The van der Waals surface area contributed by atoms with E-state index >= 15 is 0 Å². The quantitative estimate of drug-likeness (QED) is 0.675. The van der Waals surface area contributed by atoms with Gasteiger partial charge in [0.1, 0.15) is 0 Å². The van der Waals surface area contributed by atoms with E-state index in [-0.39, 0.29) is 0 Å². The van der Waals surface area contributed by atoms with Crippen LogP contribution in [0, 0.1) is 3.57 Å². The molecule has 2 rings (SSSR count). The van der Waals surface area contributed by atoms with Crippen LogP contribution < -0.4 is 0 Å². The van der Waals surface area contributed by atoms with E-state index in [0.29, 0.717) is 5.41 Å². The third-order valence-corrected chi connectivity index (χ3v) is 4.85. The molecule has 1 aromatic rings. The summed E-state index contributed by atoms with van der Waals surface area (Å²) in [5, 5.41) is 0.895. The van der Waals surface area contributed by atoms with Gasteiger partial charge in [0.05, 0.1) is 5.02 Å². The average molecular weight is 307 g/mol. The van der Waals surface area contributed by atoms with Gasteiger partial charge in [0.25, 0.3) is 0 Å². The Kier molecular flexibility index (Phi) is 2.58. The largest absolute Gasteiger partial charge is 0.0832 e. The molecule has 0 bridgehead atoms. The molecule has 0 atom stereocenters. The van der Waals surface area contributed by atoms with Crippen molar-refractivity contribution in [3.8, 4) is 0 Å². The lowest BCUT2D eigenvalue weighted by molar-refractivity contribution is 0.271. The molecule has 0 radical (unpaired) electrons. The Balaban J connectivity index is 2.45. The summed E-state index contributed by atoms with van der Waals surface area (Å²) in [5.74, 6) is 0. The summed E-state index contributed by atoms with van der Waals surface area (Å²) in [6.45, 7) is 2.34. The molecule has 0 saturated heterocycles. The molecule has 0 N–H and O–H groups in total. The van der Waals surface area contributed by atoms with Crippen molar-refractivity contribution in [2.75, 3.05) is 0 Å². The minimum atomic E-state index is 0.404. The van der Waals surface area contributed by atoms with Gasteiger partial charge in [-0.2, -0.15) is 0 Å². The van der Waals surface area contributed by atoms with Crippen molar-refractivity contribution in [1.29, 1.82) is 0 Å². The summed E-state index contributed by atoms with van der Waals surface area (Å²) in [6, 6.07) is 6.24. The van der Waals surface area contributed by atoms with Crippen molar-refractivity contribution in [2.45, 2.75) is 31.6 Å². The fraction of sp³-hybridized carbons (Fsp3) is 0.455. The van der Waals surface area contributed by atoms with Crippen molar-refractivity contribution in [2.24, 2.45) is 0 Å². The Morgan fingerprint density at radius 3 is 2.62 bits per heavy atom. The second kappa shape index (κ2) is 3.43. The Hall–Kier alpha value is 0.240. The molecule has 13 heavy (non-hydrogen) atoms. The van der Waals surface area contributed by atoms with Crippen molar-refractivity contribution in [3.05, 3.63) is 32.4 Å². The van der Waals surface area contributed by atoms with E-state index in [9.17, 15) is 0 Å². The van der Waals surface area contributed by atoms with Crippen molar-refractivity contribution in [1.82, 2.24) is 0 Å². The van der Waals surface area contributed by atoms with Crippen LogP contribution in [0.5, 0.6) is 0 Å². The smallest absolute Gasteiger partial charge is 0.0542 e. The fourth-order valence-corrected chi connectivity index (χ4v) is 3.13. The molecule has 0 unspecified atom stereocenters. The molecule has 0 spiro atoms. The molecule has 0 nitrogen and oxygen atoms in total. The van der Waals surface area contributed by atoms with Crippen LogP contribution in [-0.4, -0.2) is 0 Å². The van der Waals surface area contributed by atoms with Crippen molar-refractivity contribution >= 4 is 34.2 Å². The lowest BCUT2D eigenvalue weighted by Gasteiger charge is -2.39. The highest BCUT2D eigenvalue weighted by atomic mass is 127. The molecule has 0 aromatic heterocycles. The first-order valence-electron chi connectivity index (χ1n) is 4.58. The van der Waals surface area contributed by atoms with Gasteiger partial charge in [-0.05, 0) is 52.5 Å². The van der Waals surface area contributed by atoms with Crippen LogP contribution in [-0.2, 0) is 5.41 Å². The monoisotopic (exact) mass is 306 g/mol. The van der Waals surface area contributed by atoms with E-state index in [0.717, 1.165) is 5.02 Å². The van der Waals surface area contributed by atoms with Crippen LogP contribution in [0.3, 0.4) is 0 Å². The maximum atomic E-state index is 6.09. The van der Waals surface area contributed by atoms with Gasteiger partial charge < -0.3 is 0 Å². The SMILES string of the molecule is CC1(c2cccc(Cl)c2I)CCC1. The van der Waals surface area contributed by atoms with Gasteiger partial charge in [0.2, 0.25) is 0 Å². The summed E-state index contributed by atoms with van der Waals surface area (Å²) >= 11 is 8.45. The summed E-state index contributed by atoms with van der Waals surface area (Å²) in [4.78, 5) is 0. The summed E-state index contributed by atoms with van der Waals surface area (Å²) in [7, 11) is 0. The van der Waals surface area contributed by atoms with Crippen LogP contribution in [0.1, 0.15) is 31.7 Å². The maximum absolute atomic E-state index is 6.09. The van der Waals surface area contributed by atoms with E-state index in [1.807, 2.05) is 6.07 Å². The lowest BCUT2D eigenvalue weighted by atomic mass is 9.66. The molecule has 1 fully saturated rings. The number of hydrogen-bond acceptors (Lipinski definition) is 0. The zero-order valence-electron chi connectivity index (χ0n) is 7.61. The number of halogens is 2. The Bertz CT molecular complexity index is 329. The van der Waals surface area contributed by atoms with Crippen LogP contribution in [0.2, 0.25) is 5.02 Å². The molecular weight excluding hydrogens is 294 g/mol. The summed E-state index contributed by atoms with van der Waals surface area (Å²) in [6.07, 6.45) is 3.98. The normalized spacial score (nSPS) is 19.6. The van der Waals surface area contributed by atoms with E-state index < -0.39 is 0 Å². The zero-order chi connectivity index (χ0) is 9.47. The lowest BCUT2D eigenvalue weighted by Crippen LogP contribution is -2.31. The van der Waals surface area contributed by atoms with Gasteiger partial charge >= 0.3 is 0 Å². The van der Waals surface area contributed by atoms with E-state index in [4.69, 9.17) is 11.6 Å². The topological polar surface area (TPSA) is 0 Å². The molecule has 1 aliphatic carbocycles. The predicted octanol–water partition coefficient (Wildman–Crippen LogP) is 4.39. The predicted molar refractivity (Wildman–Crippen MR) is 65.4 cm³/mol. The average Bonchev–Trinajstić information content (AvgIpc) is 2.06. The van der Waals surface area contributed by atoms with E-state index in [2.05, 4.69) is 41.6 Å². The fourth-order valence-electron chi connectivity index (χ4n) is 1.95. The second-order valence-electron chi connectivity index (χ2n) is 4.02. The summed E-state index contributed by atoms with van der Waals surface area (Å²) < 4.78 is 1.24. The van der Waals surface area contributed by atoms with E-state index in [1.54, 1.807) is 0 Å². The molecule has 0 heterocycles. The first-order chi connectivity index (χ1) is 6.13. The first kappa shape index (κ1) is 9.78. The molecule has 2 heteroatoms. The molecule has 1 aromatic carbocycles. The van der Waals surface area contributed by atoms with Gasteiger partial charge in [-0.25, -0.2) is 0 Å². The zero-order valence-corrected chi connectivity index (χ0v) is 10.5. The number of hydrogen-bond donors (Lipinski definition) is 0. The Morgan fingerprint density at radius 1 is 1.38 bits per heavy atom. The third-order valence-electron chi connectivity index (χ3n) is 3.06. The van der Waals surface area contributed by atoms with Crippen LogP contribution in [0.25, 0.3) is 0 Å². The first-order valence-corrected chi connectivity index (χ1v) is 6.04. The molecule has 1 saturated carbocycles. The summed E-state index contributed by atoms with van der Waals surface area (Å²) in [5.41, 5.74) is 1.84. The van der Waals surface area contributed by atoms with E-state index in [1.165, 1.54) is 28.4 Å². The standard InChI is InChI=1S/C11H12ClI/c1-11(6-3-7-11)8-4-2-5-9(12)10(8)13/h2,4-5H,3,6-7H2,1H3. The van der Waals surface area contributed by atoms with Gasteiger partial charge in [0.15, 0.2) is 0 Å². The highest BCUT2D eigenvalue weighted by Gasteiger charge is 2.35. The van der Waals surface area contributed by atoms with Gasteiger partial charge in [-0.1, -0.05) is 37.1 Å². The maximum Gasteiger partial charge on any atom is 0.0542 e. The third kappa shape index (κ3) is 1.61. The van der Waals surface area contributed by atoms with Crippen LogP contribution in [0.15, 0.2) is 18.2 Å². The molecular formula is C11H12ClI. The highest BCUT2D eigenvalue weighted by Crippen LogP contribution is 2.45. The van der Waals surface area contributed by atoms with Gasteiger partial charge in [0, 0.05) is 3.57 Å². The Morgan fingerprint density at radius 2 is 2.08 bits per heavy atom. The molecule has 0 amide bonds. The molecule has 1 aliphatic rings. The van der Waals surface area contributed by atoms with Gasteiger partial charge in [-0.3, -0.25) is 0 Å².